The number of carbonyl (C=O) groups is 1. The van der Waals surface area contributed by atoms with Crippen LogP contribution >= 0.6 is 0 Å². The molecule has 0 aromatic heterocycles. The molecule has 14 heavy (non-hydrogen) atoms. The third-order valence-corrected chi connectivity index (χ3v) is 2.78. The summed E-state index contributed by atoms with van der Waals surface area (Å²) in [6, 6.07) is 0. The summed E-state index contributed by atoms with van der Waals surface area (Å²) in [6.07, 6.45) is 2.48. The van der Waals surface area contributed by atoms with Gasteiger partial charge in [0.25, 0.3) is 0 Å². The molecule has 1 aliphatic rings. The third-order valence-electron chi connectivity index (χ3n) is 2.78. The van der Waals surface area contributed by atoms with Crippen molar-refractivity contribution in [3.63, 3.8) is 0 Å². The van der Waals surface area contributed by atoms with E-state index in [1.54, 1.807) is 6.92 Å². The van der Waals surface area contributed by atoms with Gasteiger partial charge in [0.1, 0.15) is 5.78 Å². The second-order valence-corrected chi connectivity index (χ2v) is 4.68. The van der Waals surface area contributed by atoms with Crippen molar-refractivity contribution >= 4 is 5.78 Å². The topological polar surface area (TPSA) is 23.6 Å². The van der Waals surface area contributed by atoms with Gasteiger partial charge in [-0.15, -0.1) is 0 Å². The van der Waals surface area contributed by atoms with E-state index in [9.17, 15) is 4.79 Å². The van der Waals surface area contributed by atoms with Crippen molar-refractivity contribution < 1.29 is 4.79 Å². The number of Topliss-reactive ketones (excluding diaryl/α,β-unsaturated/α-hetero) is 1. The smallest absolute Gasteiger partial charge is 0.143 e. The summed E-state index contributed by atoms with van der Waals surface area (Å²) >= 11 is 0. The number of carbonyl (C=O) groups excluding carboxylic acids is 1. The van der Waals surface area contributed by atoms with E-state index in [0.29, 0.717) is 6.54 Å². The van der Waals surface area contributed by atoms with Gasteiger partial charge >= 0.3 is 0 Å². The molecule has 1 heterocycles. The number of ketones is 1. The molecule has 0 spiro atoms. The predicted octanol–water partition coefficient (Wildman–Crippen LogP) is 0.849. The fourth-order valence-electron chi connectivity index (χ4n) is 2.16. The van der Waals surface area contributed by atoms with Gasteiger partial charge in [0.15, 0.2) is 0 Å². The van der Waals surface area contributed by atoms with E-state index in [4.69, 9.17) is 0 Å². The van der Waals surface area contributed by atoms with Crippen molar-refractivity contribution in [1.29, 1.82) is 0 Å². The first kappa shape index (κ1) is 11.7. The number of likely N-dealkylation sites (tertiary alicyclic amines) is 1. The van der Waals surface area contributed by atoms with Crippen LogP contribution in [0.4, 0.5) is 0 Å². The van der Waals surface area contributed by atoms with Crippen molar-refractivity contribution in [3.05, 3.63) is 0 Å². The highest BCUT2D eigenvalue weighted by Crippen LogP contribution is 2.17. The molecule has 1 aliphatic heterocycles. The van der Waals surface area contributed by atoms with E-state index >= 15 is 0 Å². The van der Waals surface area contributed by atoms with Gasteiger partial charge in [-0.2, -0.15) is 0 Å². The van der Waals surface area contributed by atoms with Crippen molar-refractivity contribution in [3.8, 4) is 0 Å². The second-order valence-electron chi connectivity index (χ2n) is 4.68. The first-order valence-corrected chi connectivity index (χ1v) is 5.44. The van der Waals surface area contributed by atoms with E-state index in [0.717, 1.165) is 19.0 Å². The molecular weight excluding hydrogens is 176 g/mol. The normalized spacial score (nSPS) is 20.3. The zero-order valence-electron chi connectivity index (χ0n) is 9.62. The molecule has 0 amide bonds. The van der Waals surface area contributed by atoms with Crippen LogP contribution in [0.2, 0.25) is 0 Å². The van der Waals surface area contributed by atoms with Crippen LogP contribution in [0.5, 0.6) is 0 Å². The first-order valence-electron chi connectivity index (χ1n) is 5.44. The summed E-state index contributed by atoms with van der Waals surface area (Å²) in [7, 11) is 4.25. The predicted molar refractivity (Wildman–Crippen MR) is 58.4 cm³/mol. The maximum Gasteiger partial charge on any atom is 0.143 e. The van der Waals surface area contributed by atoms with Crippen molar-refractivity contribution in [2.24, 2.45) is 5.92 Å². The quantitative estimate of drug-likeness (QED) is 0.669. The van der Waals surface area contributed by atoms with E-state index in [2.05, 4.69) is 23.9 Å². The van der Waals surface area contributed by atoms with Gasteiger partial charge < -0.3 is 4.90 Å². The molecule has 3 nitrogen and oxygen atoms in total. The highest BCUT2D eigenvalue weighted by atomic mass is 16.1. The molecule has 1 saturated heterocycles. The van der Waals surface area contributed by atoms with Crippen LogP contribution in [0.25, 0.3) is 0 Å². The standard InChI is InChI=1S/C11H22N2O/c1-10(14)8-13-6-4-11(5-7-13)9-12(2)3/h11H,4-9H2,1-3H3. The Labute approximate surface area is 87.1 Å². The Kier molecular flexibility index (Phi) is 4.55. The van der Waals surface area contributed by atoms with E-state index in [1.807, 2.05) is 0 Å². The Balaban J connectivity index is 2.21. The van der Waals surface area contributed by atoms with Gasteiger partial charge in [0, 0.05) is 6.54 Å². The summed E-state index contributed by atoms with van der Waals surface area (Å²) in [5.41, 5.74) is 0. The van der Waals surface area contributed by atoms with Crippen molar-refractivity contribution in [1.82, 2.24) is 9.80 Å². The molecule has 0 N–H and O–H groups in total. The molecule has 3 heteroatoms. The largest absolute Gasteiger partial charge is 0.309 e. The van der Waals surface area contributed by atoms with Crippen LogP contribution in [0, 0.1) is 5.92 Å². The molecule has 82 valence electrons. The van der Waals surface area contributed by atoms with Crippen LogP contribution < -0.4 is 0 Å². The number of rotatable bonds is 4. The lowest BCUT2D eigenvalue weighted by atomic mass is 9.96. The number of piperidine rings is 1. The van der Waals surface area contributed by atoms with Crippen LogP contribution in [0.1, 0.15) is 19.8 Å². The first-order chi connectivity index (χ1) is 6.58. The summed E-state index contributed by atoms with van der Waals surface area (Å²) < 4.78 is 0. The molecule has 1 rings (SSSR count). The summed E-state index contributed by atoms with van der Waals surface area (Å²) in [6.45, 7) is 5.70. The number of hydrogen-bond acceptors (Lipinski definition) is 3. The minimum Gasteiger partial charge on any atom is -0.309 e. The summed E-state index contributed by atoms with van der Waals surface area (Å²) in [4.78, 5) is 15.4. The SMILES string of the molecule is CC(=O)CN1CCC(CN(C)C)CC1. The fraction of sp³-hybridized carbons (Fsp3) is 0.909. The molecule has 1 fully saturated rings. The van der Waals surface area contributed by atoms with Gasteiger partial charge in [0.05, 0.1) is 6.54 Å². The molecule has 0 unspecified atom stereocenters. The van der Waals surface area contributed by atoms with E-state index in [1.165, 1.54) is 19.4 Å². The molecular formula is C11H22N2O. The minimum atomic E-state index is 0.288. The van der Waals surface area contributed by atoms with Gasteiger partial charge in [-0.1, -0.05) is 0 Å². The Morgan fingerprint density at radius 3 is 2.36 bits per heavy atom. The van der Waals surface area contributed by atoms with Gasteiger partial charge in [-0.3, -0.25) is 9.69 Å². The lowest BCUT2D eigenvalue weighted by molar-refractivity contribution is -0.118. The molecule has 0 atom stereocenters. The third kappa shape index (κ3) is 4.20. The van der Waals surface area contributed by atoms with Crippen molar-refractivity contribution in [2.45, 2.75) is 19.8 Å². The summed E-state index contributed by atoms with van der Waals surface area (Å²) in [5, 5.41) is 0. The Hall–Kier alpha value is -0.410. The zero-order valence-corrected chi connectivity index (χ0v) is 9.62. The van der Waals surface area contributed by atoms with Crippen LogP contribution in [0.15, 0.2) is 0 Å². The molecule has 0 aromatic carbocycles. The fourth-order valence-corrected chi connectivity index (χ4v) is 2.16. The van der Waals surface area contributed by atoms with Crippen LogP contribution in [-0.4, -0.2) is 55.9 Å². The molecule has 0 aliphatic carbocycles. The Bertz CT molecular complexity index is 184. The molecule has 0 bridgehead atoms. The maximum absolute atomic E-state index is 10.9. The Morgan fingerprint density at radius 1 is 1.36 bits per heavy atom. The van der Waals surface area contributed by atoms with Gasteiger partial charge in [-0.05, 0) is 52.9 Å². The lowest BCUT2D eigenvalue weighted by Gasteiger charge is -2.32. The number of nitrogens with zero attached hydrogens (tertiary/aromatic N) is 2. The second kappa shape index (κ2) is 5.47. The average molecular weight is 198 g/mol. The van der Waals surface area contributed by atoms with Crippen LogP contribution in [0.3, 0.4) is 0 Å². The average Bonchev–Trinajstić information content (AvgIpc) is 2.06. The molecule has 0 saturated carbocycles. The Morgan fingerprint density at radius 2 is 1.93 bits per heavy atom. The molecule has 0 radical (unpaired) electrons. The number of hydrogen-bond donors (Lipinski definition) is 0. The monoisotopic (exact) mass is 198 g/mol. The van der Waals surface area contributed by atoms with Gasteiger partial charge in [-0.25, -0.2) is 0 Å². The molecule has 0 aromatic rings. The van der Waals surface area contributed by atoms with E-state index < -0.39 is 0 Å². The highest BCUT2D eigenvalue weighted by Gasteiger charge is 2.19. The van der Waals surface area contributed by atoms with Gasteiger partial charge in [0.2, 0.25) is 0 Å². The van der Waals surface area contributed by atoms with Crippen LogP contribution in [-0.2, 0) is 4.79 Å². The van der Waals surface area contributed by atoms with E-state index in [-0.39, 0.29) is 5.78 Å². The minimum absolute atomic E-state index is 0.288. The van der Waals surface area contributed by atoms with Crippen molar-refractivity contribution in [2.75, 3.05) is 40.3 Å². The lowest BCUT2D eigenvalue weighted by Crippen LogP contribution is -2.39. The maximum atomic E-state index is 10.9. The summed E-state index contributed by atoms with van der Waals surface area (Å²) in [5.74, 6) is 1.12. The highest BCUT2D eigenvalue weighted by molar-refractivity contribution is 5.77. The zero-order chi connectivity index (χ0) is 10.6.